The minimum Gasteiger partial charge on any atom is -0.300 e. The second kappa shape index (κ2) is 8.66. The molecule has 0 unspecified atom stereocenters. The average molecular weight is 271 g/mol. The maximum atomic E-state index is 10.2. The molecule has 1 aromatic carbocycles. The van der Waals surface area contributed by atoms with E-state index in [0.29, 0.717) is 18.6 Å². The topological polar surface area (TPSA) is 17.1 Å². The van der Waals surface area contributed by atoms with Crippen LogP contribution in [0.2, 0.25) is 0 Å². The highest BCUT2D eigenvalue weighted by Gasteiger charge is 1.91. The molecule has 1 aromatic rings. The molecule has 0 heterocycles. The molecule has 0 amide bonds. The largest absolute Gasteiger partial charge is 0.300 e. The van der Waals surface area contributed by atoms with E-state index in [4.69, 9.17) is 0 Å². The van der Waals surface area contributed by atoms with Gasteiger partial charge in [0, 0.05) is 17.3 Å². The Kier molecular flexibility index (Phi) is 8.30. The number of Topliss-reactive ketones (excluding diaryl/α,β-unsaturated/α-hetero) is 1. The van der Waals surface area contributed by atoms with E-state index in [1.807, 2.05) is 19.9 Å². The normalized spacial score (nSPS) is 9.07. The molecule has 15 heavy (non-hydrogen) atoms. The zero-order valence-electron chi connectivity index (χ0n) is 9.72. The smallest absolute Gasteiger partial charge is 0.132 e. The molecule has 0 spiro atoms. The Bertz CT molecular complexity index is 288. The SMILES string of the molecule is CCC(=O)CC.CCc1ccccc1Br. The average Bonchev–Trinajstić information content (AvgIpc) is 2.29. The van der Waals surface area contributed by atoms with Crippen molar-refractivity contribution in [2.45, 2.75) is 40.0 Å². The summed E-state index contributed by atoms with van der Waals surface area (Å²) in [5.41, 5.74) is 1.37. The highest BCUT2D eigenvalue weighted by Crippen LogP contribution is 2.15. The molecule has 0 aliphatic heterocycles. The van der Waals surface area contributed by atoms with E-state index >= 15 is 0 Å². The molecule has 0 aromatic heterocycles. The third-order valence-corrected chi connectivity index (χ3v) is 2.90. The first-order valence-corrected chi connectivity index (χ1v) is 6.20. The molecule has 1 nitrogen and oxygen atoms in total. The van der Waals surface area contributed by atoms with Crippen molar-refractivity contribution in [3.63, 3.8) is 0 Å². The van der Waals surface area contributed by atoms with E-state index < -0.39 is 0 Å². The van der Waals surface area contributed by atoms with E-state index in [1.54, 1.807) is 0 Å². The van der Waals surface area contributed by atoms with Crippen molar-refractivity contribution in [2.75, 3.05) is 0 Å². The van der Waals surface area contributed by atoms with Crippen LogP contribution < -0.4 is 0 Å². The summed E-state index contributed by atoms with van der Waals surface area (Å²) >= 11 is 3.46. The van der Waals surface area contributed by atoms with Gasteiger partial charge in [0.25, 0.3) is 0 Å². The van der Waals surface area contributed by atoms with E-state index in [1.165, 1.54) is 10.0 Å². The summed E-state index contributed by atoms with van der Waals surface area (Å²) in [6.07, 6.45) is 2.48. The van der Waals surface area contributed by atoms with Gasteiger partial charge in [-0.2, -0.15) is 0 Å². The van der Waals surface area contributed by atoms with E-state index in [2.05, 4.69) is 41.1 Å². The molecule has 84 valence electrons. The molecule has 0 fully saturated rings. The van der Waals surface area contributed by atoms with E-state index in [0.717, 1.165) is 6.42 Å². The van der Waals surface area contributed by atoms with Crippen LogP contribution >= 0.6 is 15.9 Å². The summed E-state index contributed by atoms with van der Waals surface area (Å²) in [5, 5.41) is 0. The van der Waals surface area contributed by atoms with Gasteiger partial charge in [0.1, 0.15) is 5.78 Å². The van der Waals surface area contributed by atoms with E-state index in [-0.39, 0.29) is 0 Å². The van der Waals surface area contributed by atoms with Gasteiger partial charge < -0.3 is 0 Å². The van der Waals surface area contributed by atoms with Crippen LogP contribution in [0.25, 0.3) is 0 Å². The van der Waals surface area contributed by atoms with Crippen LogP contribution in [-0.2, 0) is 11.2 Å². The fraction of sp³-hybridized carbons (Fsp3) is 0.462. The lowest BCUT2D eigenvalue weighted by atomic mass is 10.2. The van der Waals surface area contributed by atoms with Crippen molar-refractivity contribution in [2.24, 2.45) is 0 Å². The molecule has 0 saturated carbocycles. The highest BCUT2D eigenvalue weighted by molar-refractivity contribution is 9.10. The molecule has 0 N–H and O–H groups in total. The van der Waals surface area contributed by atoms with Crippen molar-refractivity contribution in [1.29, 1.82) is 0 Å². The van der Waals surface area contributed by atoms with Gasteiger partial charge >= 0.3 is 0 Å². The lowest BCUT2D eigenvalue weighted by Gasteiger charge is -1.96. The molecule has 0 aliphatic carbocycles. The summed E-state index contributed by atoms with van der Waals surface area (Å²) in [5.74, 6) is 0.343. The summed E-state index contributed by atoms with van der Waals surface area (Å²) in [7, 11) is 0. The number of aryl methyl sites for hydroxylation is 1. The maximum absolute atomic E-state index is 10.2. The molecule has 0 radical (unpaired) electrons. The van der Waals surface area contributed by atoms with Gasteiger partial charge in [0.2, 0.25) is 0 Å². The lowest BCUT2D eigenvalue weighted by molar-refractivity contribution is -0.118. The summed E-state index contributed by atoms with van der Waals surface area (Å²) in [4.78, 5) is 10.2. The number of hydrogen-bond donors (Lipinski definition) is 0. The predicted molar refractivity (Wildman–Crippen MR) is 69.1 cm³/mol. The number of benzene rings is 1. The van der Waals surface area contributed by atoms with Crippen LogP contribution in [-0.4, -0.2) is 5.78 Å². The minimum atomic E-state index is 0.343. The summed E-state index contributed by atoms with van der Waals surface area (Å²) in [6.45, 7) is 5.91. The monoisotopic (exact) mass is 270 g/mol. The third kappa shape index (κ3) is 6.45. The number of halogens is 1. The van der Waals surface area contributed by atoms with Crippen LogP contribution in [0.5, 0.6) is 0 Å². The molecule has 0 atom stereocenters. The van der Waals surface area contributed by atoms with Crippen LogP contribution in [0.4, 0.5) is 0 Å². The van der Waals surface area contributed by atoms with Crippen molar-refractivity contribution >= 4 is 21.7 Å². The highest BCUT2D eigenvalue weighted by atomic mass is 79.9. The van der Waals surface area contributed by atoms with Crippen LogP contribution in [0.1, 0.15) is 39.2 Å². The van der Waals surface area contributed by atoms with Gasteiger partial charge in [-0.05, 0) is 18.1 Å². The van der Waals surface area contributed by atoms with Gasteiger partial charge in [-0.25, -0.2) is 0 Å². The number of rotatable bonds is 3. The Labute approximate surface area is 101 Å². The molecular formula is C13H19BrO. The molecule has 1 rings (SSSR count). The summed E-state index contributed by atoms with van der Waals surface area (Å²) < 4.78 is 1.22. The number of ketones is 1. The zero-order chi connectivity index (χ0) is 11.7. The number of carbonyl (C=O) groups is 1. The Morgan fingerprint density at radius 3 is 1.93 bits per heavy atom. The lowest BCUT2D eigenvalue weighted by Crippen LogP contribution is -1.88. The summed E-state index contributed by atoms with van der Waals surface area (Å²) in [6, 6.07) is 8.29. The Morgan fingerprint density at radius 1 is 1.13 bits per heavy atom. The number of carbonyl (C=O) groups excluding carboxylic acids is 1. The third-order valence-electron chi connectivity index (χ3n) is 2.13. The molecular weight excluding hydrogens is 252 g/mol. The van der Waals surface area contributed by atoms with E-state index in [9.17, 15) is 4.79 Å². The van der Waals surface area contributed by atoms with Gasteiger partial charge in [0.15, 0.2) is 0 Å². The Morgan fingerprint density at radius 2 is 1.67 bits per heavy atom. The second-order valence-corrected chi connectivity index (χ2v) is 4.05. The van der Waals surface area contributed by atoms with Crippen LogP contribution in [0, 0.1) is 0 Å². The van der Waals surface area contributed by atoms with Crippen molar-refractivity contribution in [1.82, 2.24) is 0 Å². The first-order chi connectivity index (χ1) is 7.15. The minimum absolute atomic E-state index is 0.343. The Hall–Kier alpha value is -0.630. The second-order valence-electron chi connectivity index (χ2n) is 3.19. The fourth-order valence-corrected chi connectivity index (χ4v) is 1.60. The van der Waals surface area contributed by atoms with Crippen LogP contribution in [0.3, 0.4) is 0 Å². The fourth-order valence-electron chi connectivity index (χ4n) is 1.04. The molecule has 0 aliphatic rings. The van der Waals surface area contributed by atoms with Crippen molar-refractivity contribution < 1.29 is 4.79 Å². The molecule has 2 heteroatoms. The molecule has 0 saturated heterocycles. The van der Waals surface area contributed by atoms with Gasteiger partial charge in [-0.3, -0.25) is 4.79 Å². The predicted octanol–water partition coefficient (Wildman–Crippen LogP) is 4.39. The Balaban J connectivity index is 0.000000288. The zero-order valence-corrected chi connectivity index (χ0v) is 11.3. The van der Waals surface area contributed by atoms with Crippen LogP contribution in [0.15, 0.2) is 28.7 Å². The molecule has 0 bridgehead atoms. The van der Waals surface area contributed by atoms with Gasteiger partial charge in [0.05, 0.1) is 0 Å². The van der Waals surface area contributed by atoms with Gasteiger partial charge in [-0.1, -0.05) is 54.9 Å². The standard InChI is InChI=1S/C8H9Br.C5H10O/c1-2-7-5-3-4-6-8(7)9;1-3-5(6)4-2/h3-6H,2H2,1H3;3-4H2,1-2H3. The van der Waals surface area contributed by atoms with Crippen molar-refractivity contribution in [3.05, 3.63) is 34.3 Å². The van der Waals surface area contributed by atoms with Crippen molar-refractivity contribution in [3.8, 4) is 0 Å². The first-order valence-electron chi connectivity index (χ1n) is 5.40. The maximum Gasteiger partial charge on any atom is 0.132 e. The number of hydrogen-bond acceptors (Lipinski definition) is 1. The quantitative estimate of drug-likeness (QED) is 0.797. The first kappa shape index (κ1) is 14.4. The van der Waals surface area contributed by atoms with Gasteiger partial charge in [-0.15, -0.1) is 0 Å².